The Morgan fingerprint density at radius 1 is 1.56 bits per heavy atom. The first-order valence-electron chi connectivity index (χ1n) is 5.15. The summed E-state index contributed by atoms with van der Waals surface area (Å²) in [7, 11) is 0. The third kappa shape index (κ3) is 4.94. The monoisotopic (exact) mass is 238 g/mol. The molecule has 0 aromatic heterocycles. The van der Waals surface area contributed by atoms with E-state index in [4.69, 9.17) is 11.6 Å². The second kappa shape index (κ2) is 6.28. The average Bonchev–Trinajstić information content (AvgIpc) is 2.16. The maximum atomic E-state index is 11.3. The normalized spacial score (nSPS) is 11.0. The molecule has 1 amide bonds. The Balaban J connectivity index is 2.46. The van der Waals surface area contributed by atoms with Gasteiger partial charge in [-0.1, -0.05) is 37.6 Å². The van der Waals surface area contributed by atoms with Crippen LogP contribution in [0.1, 0.15) is 25.8 Å². The molecule has 1 aromatic carbocycles. The van der Waals surface area contributed by atoms with Crippen LogP contribution >= 0.6 is 11.6 Å². The van der Waals surface area contributed by atoms with Crippen molar-refractivity contribution in [2.45, 2.75) is 20.3 Å². The molecule has 3 nitrogen and oxygen atoms in total. The van der Waals surface area contributed by atoms with Crippen LogP contribution < -0.4 is 5.43 Å². The number of halogens is 1. The molecule has 1 rings (SSSR count). The minimum atomic E-state index is -0.0757. The summed E-state index contributed by atoms with van der Waals surface area (Å²) in [6.07, 6.45) is 2.05. The van der Waals surface area contributed by atoms with Crippen LogP contribution in [0.2, 0.25) is 5.02 Å². The molecule has 16 heavy (non-hydrogen) atoms. The van der Waals surface area contributed by atoms with E-state index in [1.54, 1.807) is 18.3 Å². The third-order valence-electron chi connectivity index (χ3n) is 1.85. The largest absolute Gasteiger partial charge is 0.273 e. The topological polar surface area (TPSA) is 41.5 Å². The van der Waals surface area contributed by atoms with E-state index in [0.717, 1.165) is 5.56 Å². The number of nitrogens with zero attached hydrogens (tertiary/aromatic N) is 1. The van der Waals surface area contributed by atoms with Crippen molar-refractivity contribution in [3.63, 3.8) is 0 Å². The van der Waals surface area contributed by atoms with Gasteiger partial charge in [-0.15, -0.1) is 0 Å². The van der Waals surface area contributed by atoms with Crippen molar-refractivity contribution in [3.05, 3.63) is 34.9 Å². The summed E-state index contributed by atoms with van der Waals surface area (Å²) in [6, 6.07) is 7.26. The van der Waals surface area contributed by atoms with Crippen LogP contribution in [-0.2, 0) is 4.79 Å². The highest BCUT2D eigenvalue weighted by Gasteiger charge is 2.02. The zero-order valence-electron chi connectivity index (χ0n) is 9.40. The van der Waals surface area contributed by atoms with E-state index in [2.05, 4.69) is 10.5 Å². The van der Waals surface area contributed by atoms with E-state index in [9.17, 15) is 4.79 Å². The molecule has 0 heterocycles. The van der Waals surface area contributed by atoms with E-state index in [1.165, 1.54) is 0 Å². The molecule has 1 aromatic rings. The first-order chi connectivity index (χ1) is 7.58. The minimum absolute atomic E-state index is 0.0757. The quantitative estimate of drug-likeness (QED) is 0.636. The van der Waals surface area contributed by atoms with Crippen LogP contribution in [0.15, 0.2) is 29.4 Å². The predicted molar refractivity (Wildman–Crippen MR) is 66.6 cm³/mol. The Bertz CT molecular complexity index is 388. The fraction of sp³-hybridized carbons (Fsp3) is 0.333. The van der Waals surface area contributed by atoms with E-state index in [0.29, 0.717) is 17.4 Å². The first-order valence-corrected chi connectivity index (χ1v) is 5.53. The van der Waals surface area contributed by atoms with E-state index in [1.807, 2.05) is 26.0 Å². The lowest BCUT2D eigenvalue weighted by molar-refractivity contribution is -0.121. The summed E-state index contributed by atoms with van der Waals surface area (Å²) in [5.74, 6) is 0.259. The molecule has 0 saturated heterocycles. The van der Waals surface area contributed by atoms with Gasteiger partial charge in [0, 0.05) is 11.4 Å². The molecule has 1 N–H and O–H groups in total. The Labute approximate surface area is 101 Å². The molecule has 0 atom stereocenters. The van der Waals surface area contributed by atoms with Crippen LogP contribution in [0.3, 0.4) is 0 Å². The number of amides is 1. The van der Waals surface area contributed by atoms with Gasteiger partial charge in [-0.05, 0) is 23.6 Å². The van der Waals surface area contributed by atoms with Crippen molar-refractivity contribution >= 4 is 23.7 Å². The summed E-state index contributed by atoms with van der Waals surface area (Å²) >= 11 is 5.81. The van der Waals surface area contributed by atoms with Gasteiger partial charge in [0.05, 0.1) is 6.21 Å². The van der Waals surface area contributed by atoms with Gasteiger partial charge in [-0.3, -0.25) is 4.79 Å². The number of hydrogen-bond acceptors (Lipinski definition) is 2. The fourth-order valence-corrected chi connectivity index (χ4v) is 1.38. The van der Waals surface area contributed by atoms with Gasteiger partial charge in [0.1, 0.15) is 0 Å². The fourth-order valence-electron chi connectivity index (χ4n) is 1.18. The number of nitrogens with one attached hydrogen (secondary N) is 1. The lowest BCUT2D eigenvalue weighted by atomic mass is 10.1. The maximum absolute atomic E-state index is 11.3. The summed E-state index contributed by atoms with van der Waals surface area (Å²) in [4.78, 5) is 11.3. The van der Waals surface area contributed by atoms with E-state index in [-0.39, 0.29) is 5.91 Å². The standard InChI is InChI=1S/C12H15ClN2O/c1-9(2)6-12(16)15-14-8-10-4-3-5-11(13)7-10/h3-5,7-9H,6H2,1-2H3,(H,15,16)/b14-8+. The van der Waals surface area contributed by atoms with Crippen molar-refractivity contribution in [2.75, 3.05) is 0 Å². The smallest absolute Gasteiger partial charge is 0.240 e. The predicted octanol–water partition coefficient (Wildman–Crippen LogP) is 2.84. The Morgan fingerprint density at radius 2 is 2.31 bits per heavy atom. The van der Waals surface area contributed by atoms with Crippen molar-refractivity contribution < 1.29 is 4.79 Å². The van der Waals surface area contributed by atoms with E-state index >= 15 is 0 Å². The summed E-state index contributed by atoms with van der Waals surface area (Å²) in [5.41, 5.74) is 3.33. The van der Waals surface area contributed by atoms with Crippen LogP contribution in [0.5, 0.6) is 0 Å². The second-order valence-corrected chi connectivity index (χ2v) is 4.38. The maximum Gasteiger partial charge on any atom is 0.240 e. The number of carbonyl (C=O) groups is 1. The lowest BCUT2D eigenvalue weighted by Crippen LogP contribution is -2.19. The van der Waals surface area contributed by atoms with Gasteiger partial charge < -0.3 is 0 Å². The highest BCUT2D eigenvalue weighted by Crippen LogP contribution is 2.08. The molecule has 0 spiro atoms. The van der Waals surface area contributed by atoms with Crippen LogP contribution in [0.25, 0.3) is 0 Å². The molecule has 4 heteroatoms. The van der Waals surface area contributed by atoms with Gasteiger partial charge >= 0.3 is 0 Å². The van der Waals surface area contributed by atoms with Crippen LogP contribution in [0, 0.1) is 5.92 Å². The Morgan fingerprint density at radius 3 is 2.94 bits per heavy atom. The molecular weight excluding hydrogens is 224 g/mol. The summed E-state index contributed by atoms with van der Waals surface area (Å²) in [6.45, 7) is 3.97. The summed E-state index contributed by atoms with van der Waals surface area (Å²) in [5, 5.41) is 4.50. The van der Waals surface area contributed by atoms with Crippen LogP contribution in [0.4, 0.5) is 0 Å². The molecule has 86 valence electrons. The van der Waals surface area contributed by atoms with Gasteiger partial charge in [0.25, 0.3) is 0 Å². The number of hydrogen-bond donors (Lipinski definition) is 1. The third-order valence-corrected chi connectivity index (χ3v) is 2.08. The number of carbonyl (C=O) groups excluding carboxylic acids is 1. The zero-order chi connectivity index (χ0) is 12.0. The molecule has 0 aliphatic heterocycles. The molecule has 0 radical (unpaired) electrons. The second-order valence-electron chi connectivity index (χ2n) is 3.95. The molecule has 0 aliphatic rings. The molecule has 0 bridgehead atoms. The van der Waals surface area contributed by atoms with E-state index < -0.39 is 0 Å². The number of hydrazone groups is 1. The molecule has 0 saturated carbocycles. The minimum Gasteiger partial charge on any atom is -0.273 e. The highest BCUT2D eigenvalue weighted by molar-refractivity contribution is 6.30. The zero-order valence-corrected chi connectivity index (χ0v) is 10.2. The van der Waals surface area contributed by atoms with Crippen molar-refractivity contribution in [1.29, 1.82) is 0 Å². The molecular formula is C12H15ClN2O. The van der Waals surface area contributed by atoms with Gasteiger partial charge in [-0.2, -0.15) is 5.10 Å². The Kier molecular flexibility index (Phi) is 4.99. The van der Waals surface area contributed by atoms with Gasteiger partial charge in [0.2, 0.25) is 5.91 Å². The van der Waals surface area contributed by atoms with Crippen molar-refractivity contribution in [3.8, 4) is 0 Å². The number of benzene rings is 1. The van der Waals surface area contributed by atoms with Gasteiger partial charge in [0.15, 0.2) is 0 Å². The van der Waals surface area contributed by atoms with Crippen molar-refractivity contribution in [1.82, 2.24) is 5.43 Å². The average molecular weight is 239 g/mol. The van der Waals surface area contributed by atoms with Gasteiger partial charge in [-0.25, -0.2) is 5.43 Å². The molecule has 0 aliphatic carbocycles. The SMILES string of the molecule is CC(C)CC(=O)N/N=C/c1cccc(Cl)c1. The van der Waals surface area contributed by atoms with Crippen LogP contribution in [-0.4, -0.2) is 12.1 Å². The van der Waals surface area contributed by atoms with Crippen molar-refractivity contribution in [2.24, 2.45) is 11.0 Å². The Hall–Kier alpha value is -1.35. The summed E-state index contributed by atoms with van der Waals surface area (Å²) < 4.78 is 0. The highest BCUT2D eigenvalue weighted by atomic mass is 35.5. The first kappa shape index (κ1) is 12.7. The molecule has 0 fully saturated rings. The number of rotatable bonds is 4. The lowest BCUT2D eigenvalue weighted by Gasteiger charge is -2.01. The molecule has 0 unspecified atom stereocenters.